The van der Waals surface area contributed by atoms with Crippen LogP contribution in [0.5, 0.6) is 5.75 Å². The van der Waals surface area contributed by atoms with E-state index in [1.165, 1.54) is 12.8 Å². The first-order valence-corrected chi connectivity index (χ1v) is 9.16. The molecular formula is C19H22Cl2N2O2. The van der Waals surface area contributed by atoms with Gasteiger partial charge in [-0.05, 0) is 36.2 Å². The lowest BCUT2D eigenvalue weighted by Gasteiger charge is -2.12. The van der Waals surface area contributed by atoms with E-state index in [4.69, 9.17) is 27.9 Å². The van der Waals surface area contributed by atoms with Crippen LogP contribution in [0, 0.1) is 0 Å². The molecule has 1 amide bonds. The molecular weight excluding hydrogens is 359 g/mol. The van der Waals surface area contributed by atoms with Crippen molar-refractivity contribution in [2.45, 2.75) is 39.2 Å². The Morgan fingerprint density at radius 1 is 1.12 bits per heavy atom. The number of nitrogens with one attached hydrogen (secondary N) is 1. The molecule has 0 aliphatic carbocycles. The van der Waals surface area contributed by atoms with Crippen LogP contribution >= 0.6 is 23.2 Å². The van der Waals surface area contributed by atoms with Crippen molar-refractivity contribution in [3.63, 3.8) is 0 Å². The average Bonchev–Trinajstić information content (AvgIpc) is 2.62. The smallest absolute Gasteiger partial charge is 0.251 e. The second kappa shape index (κ2) is 10.3. The lowest BCUT2D eigenvalue weighted by atomic mass is 10.2. The van der Waals surface area contributed by atoms with Gasteiger partial charge >= 0.3 is 0 Å². The second-order valence-corrected chi connectivity index (χ2v) is 6.53. The van der Waals surface area contributed by atoms with E-state index in [-0.39, 0.29) is 5.91 Å². The van der Waals surface area contributed by atoms with Crippen LogP contribution in [0.1, 0.15) is 48.5 Å². The Bertz CT molecular complexity index is 670. The molecule has 0 aliphatic heterocycles. The molecule has 0 saturated heterocycles. The van der Waals surface area contributed by atoms with Crippen molar-refractivity contribution in [1.29, 1.82) is 0 Å². The van der Waals surface area contributed by atoms with Gasteiger partial charge in [-0.3, -0.25) is 9.78 Å². The highest BCUT2D eigenvalue weighted by atomic mass is 35.5. The van der Waals surface area contributed by atoms with Crippen LogP contribution in [0.2, 0.25) is 10.0 Å². The quantitative estimate of drug-likeness (QED) is 0.602. The number of ether oxygens (including phenoxy) is 1. The number of pyridine rings is 1. The Balaban J connectivity index is 1.94. The number of carbonyl (C=O) groups is 1. The van der Waals surface area contributed by atoms with Crippen molar-refractivity contribution in [2.75, 3.05) is 6.61 Å². The first-order valence-electron chi connectivity index (χ1n) is 8.40. The number of halogens is 2. The zero-order valence-corrected chi connectivity index (χ0v) is 15.7. The maximum absolute atomic E-state index is 12.3. The van der Waals surface area contributed by atoms with Crippen molar-refractivity contribution < 1.29 is 9.53 Å². The van der Waals surface area contributed by atoms with Gasteiger partial charge in [0.15, 0.2) is 5.75 Å². The third-order valence-electron chi connectivity index (χ3n) is 3.71. The van der Waals surface area contributed by atoms with E-state index in [1.807, 2.05) is 12.1 Å². The molecule has 25 heavy (non-hydrogen) atoms. The minimum Gasteiger partial charge on any atom is -0.490 e. The Morgan fingerprint density at radius 3 is 2.44 bits per heavy atom. The summed E-state index contributed by atoms with van der Waals surface area (Å²) < 4.78 is 5.68. The zero-order valence-electron chi connectivity index (χ0n) is 14.2. The number of hydrogen-bond acceptors (Lipinski definition) is 3. The number of amides is 1. The first kappa shape index (κ1) is 19.5. The number of carbonyl (C=O) groups excluding carboxylic acids is 1. The van der Waals surface area contributed by atoms with Gasteiger partial charge in [-0.1, -0.05) is 49.4 Å². The molecule has 1 heterocycles. The fourth-order valence-corrected chi connectivity index (χ4v) is 2.91. The lowest BCUT2D eigenvalue weighted by Crippen LogP contribution is -2.22. The van der Waals surface area contributed by atoms with Crippen molar-refractivity contribution in [1.82, 2.24) is 10.3 Å². The predicted molar refractivity (Wildman–Crippen MR) is 102 cm³/mol. The van der Waals surface area contributed by atoms with E-state index in [9.17, 15) is 4.79 Å². The Hall–Kier alpha value is -1.78. The van der Waals surface area contributed by atoms with Crippen LogP contribution in [0.3, 0.4) is 0 Å². The Morgan fingerprint density at radius 2 is 1.80 bits per heavy atom. The lowest BCUT2D eigenvalue weighted by molar-refractivity contribution is 0.0951. The minimum atomic E-state index is -0.241. The topological polar surface area (TPSA) is 51.2 Å². The maximum Gasteiger partial charge on any atom is 0.251 e. The van der Waals surface area contributed by atoms with Gasteiger partial charge in [-0.2, -0.15) is 0 Å². The SMILES string of the molecule is CCCCCCOc1c(Cl)cc(C(=O)NCc2ccncc2)cc1Cl. The monoisotopic (exact) mass is 380 g/mol. The minimum absolute atomic E-state index is 0.241. The molecule has 1 aromatic carbocycles. The number of nitrogens with zero attached hydrogens (tertiary/aromatic N) is 1. The molecule has 0 spiro atoms. The fourth-order valence-electron chi connectivity index (χ4n) is 2.32. The van der Waals surface area contributed by atoms with Crippen LogP contribution in [0.4, 0.5) is 0 Å². The predicted octanol–water partition coefficient (Wildman–Crippen LogP) is 5.28. The molecule has 6 heteroatoms. The third-order valence-corrected chi connectivity index (χ3v) is 4.27. The fraction of sp³-hybridized carbons (Fsp3) is 0.368. The van der Waals surface area contributed by atoms with E-state index >= 15 is 0 Å². The van der Waals surface area contributed by atoms with Crippen LogP contribution in [0.15, 0.2) is 36.7 Å². The summed E-state index contributed by atoms with van der Waals surface area (Å²) in [5.41, 5.74) is 1.37. The molecule has 1 aromatic heterocycles. The highest BCUT2D eigenvalue weighted by molar-refractivity contribution is 6.37. The largest absolute Gasteiger partial charge is 0.490 e. The molecule has 0 atom stereocenters. The van der Waals surface area contributed by atoms with Gasteiger partial charge < -0.3 is 10.1 Å². The number of benzene rings is 1. The average molecular weight is 381 g/mol. The van der Waals surface area contributed by atoms with Crippen molar-refractivity contribution in [3.8, 4) is 5.75 Å². The third kappa shape index (κ3) is 6.22. The molecule has 2 rings (SSSR count). The number of hydrogen-bond donors (Lipinski definition) is 1. The van der Waals surface area contributed by atoms with Gasteiger partial charge in [-0.25, -0.2) is 0 Å². The molecule has 134 valence electrons. The van der Waals surface area contributed by atoms with Crippen molar-refractivity contribution >= 4 is 29.1 Å². The summed E-state index contributed by atoms with van der Waals surface area (Å²) in [6.07, 6.45) is 7.78. The number of unbranched alkanes of at least 4 members (excludes halogenated alkanes) is 3. The Kier molecular flexibility index (Phi) is 8.02. The second-order valence-electron chi connectivity index (χ2n) is 5.72. The molecule has 0 fully saturated rings. The van der Waals surface area contributed by atoms with Gasteiger partial charge in [-0.15, -0.1) is 0 Å². The highest BCUT2D eigenvalue weighted by Crippen LogP contribution is 2.34. The van der Waals surface area contributed by atoms with E-state index in [2.05, 4.69) is 17.2 Å². The zero-order chi connectivity index (χ0) is 18.1. The van der Waals surface area contributed by atoms with Gasteiger partial charge in [0.1, 0.15) is 0 Å². The summed E-state index contributed by atoms with van der Waals surface area (Å²) >= 11 is 12.5. The van der Waals surface area contributed by atoms with E-state index in [1.54, 1.807) is 24.5 Å². The molecule has 1 N–H and O–H groups in total. The molecule has 0 saturated carbocycles. The molecule has 0 radical (unpaired) electrons. The van der Waals surface area contributed by atoms with Crippen molar-refractivity contribution in [2.24, 2.45) is 0 Å². The summed E-state index contributed by atoms with van der Waals surface area (Å²) in [5.74, 6) is 0.195. The van der Waals surface area contributed by atoms with E-state index in [0.29, 0.717) is 34.5 Å². The number of aromatic nitrogens is 1. The Labute approximate surface area is 158 Å². The molecule has 0 unspecified atom stereocenters. The van der Waals surface area contributed by atoms with Crippen LogP contribution in [-0.4, -0.2) is 17.5 Å². The van der Waals surface area contributed by atoms with Crippen LogP contribution in [-0.2, 0) is 6.54 Å². The number of rotatable bonds is 9. The summed E-state index contributed by atoms with van der Waals surface area (Å²) in [6.45, 7) is 3.13. The molecule has 2 aromatic rings. The maximum atomic E-state index is 12.3. The summed E-state index contributed by atoms with van der Waals surface area (Å²) in [7, 11) is 0. The van der Waals surface area contributed by atoms with Gasteiger partial charge in [0.25, 0.3) is 5.91 Å². The molecule has 0 bridgehead atoms. The van der Waals surface area contributed by atoms with Crippen LogP contribution < -0.4 is 10.1 Å². The standard InChI is InChI=1S/C19H22Cl2N2O2/c1-2-3-4-5-10-25-18-16(20)11-15(12-17(18)21)19(24)23-13-14-6-8-22-9-7-14/h6-9,11-12H,2-5,10,13H2,1H3,(H,23,24). The van der Waals surface area contributed by atoms with Crippen molar-refractivity contribution in [3.05, 3.63) is 57.8 Å². The van der Waals surface area contributed by atoms with E-state index < -0.39 is 0 Å². The summed E-state index contributed by atoms with van der Waals surface area (Å²) in [4.78, 5) is 16.2. The van der Waals surface area contributed by atoms with Crippen LogP contribution in [0.25, 0.3) is 0 Å². The first-order chi connectivity index (χ1) is 12.1. The van der Waals surface area contributed by atoms with E-state index in [0.717, 1.165) is 18.4 Å². The van der Waals surface area contributed by atoms with Gasteiger partial charge in [0, 0.05) is 24.5 Å². The van der Waals surface area contributed by atoms with Gasteiger partial charge in [0.05, 0.1) is 16.7 Å². The molecule has 0 aliphatic rings. The molecule has 4 nitrogen and oxygen atoms in total. The highest BCUT2D eigenvalue weighted by Gasteiger charge is 2.14. The summed E-state index contributed by atoms with van der Waals surface area (Å²) in [6, 6.07) is 6.85. The van der Waals surface area contributed by atoms with Gasteiger partial charge in [0.2, 0.25) is 0 Å². The normalized spacial score (nSPS) is 10.5. The summed E-state index contributed by atoms with van der Waals surface area (Å²) in [5, 5.41) is 3.52.